The van der Waals surface area contributed by atoms with E-state index in [0.717, 1.165) is 0 Å². The maximum Gasteiger partial charge on any atom is 0.414 e. The number of aliphatic carboxylic acids is 2. The summed E-state index contributed by atoms with van der Waals surface area (Å²) in [6.07, 6.45) is 3.08. The highest BCUT2D eigenvalue weighted by Gasteiger charge is 2.19. The van der Waals surface area contributed by atoms with Gasteiger partial charge in [-0.05, 0) is 18.7 Å². The van der Waals surface area contributed by atoms with Crippen molar-refractivity contribution < 1.29 is 29.0 Å². The molecule has 0 radical (unpaired) electrons. The van der Waals surface area contributed by atoms with Crippen molar-refractivity contribution in [3.63, 3.8) is 0 Å². The molecule has 132 valence electrons. The van der Waals surface area contributed by atoms with Gasteiger partial charge in [-0.25, -0.2) is 14.6 Å². The highest BCUT2D eigenvalue weighted by atomic mass is 35.5. The van der Waals surface area contributed by atoms with Crippen molar-refractivity contribution in [2.45, 2.75) is 12.5 Å². The van der Waals surface area contributed by atoms with Crippen LogP contribution in [-0.4, -0.2) is 33.7 Å². The van der Waals surface area contributed by atoms with E-state index in [1.807, 2.05) is 6.07 Å². The van der Waals surface area contributed by atoms with Gasteiger partial charge in [-0.15, -0.1) is 0 Å². The fourth-order valence-electron chi connectivity index (χ4n) is 1.62. The molecule has 0 aliphatic heterocycles. The molecule has 10 heteroatoms. The lowest BCUT2D eigenvalue weighted by Gasteiger charge is -2.16. The molecule has 0 bridgehead atoms. The molecule has 0 saturated heterocycles. The topological polar surface area (TPSA) is 160 Å². The minimum atomic E-state index is -1.82. The summed E-state index contributed by atoms with van der Waals surface area (Å²) in [7, 11) is 0. The molecule has 25 heavy (non-hydrogen) atoms. The van der Waals surface area contributed by atoms with Gasteiger partial charge >= 0.3 is 11.9 Å². The molecule has 0 aliphatic carbocycles. The molecule has 0 saturated carbocycles. The highest BCUT2D eigenvalue weighted by molar-refractivity contribution is 6.30. The summed E-state index contributed by atoms with van der Waals surface area (Å²) in [6.45, 7) is 0.412. The van der Waals surface area contributed by atoms with Crippen LogP contribution in [0.4, 0.5) is 0 Å². The monoisotopic (exact) mass is 367 g/mol. The van der Waals surface area contributed by atoms with E-state index in [0.29, 0.717) is 35.2 Å². The van der Waals surface area contributed by atoms with E-state index in [2.05, 4.69) is 4.98 Å². The number of aromatic nitrogens is 1. The Morgan fingerprint density at radius 2 is 2.08 bits per heavy atom. The number of nitrogens with zero attached hydrogens (tertiary/aromatic N) is 2. The summed E-state index contributed by atoms with van der Waals surface area (Å²) in [4.78, 5) is 22.2. The zero-order valence-electron chi connectivity index (χ0n) is 12.8. The zero-order chi connectivity index (χ0) is 18.8. The van der Waals surface area contributed by atoms with E-state index in [4.69, 9.17) is 51.6 Å². The van der Waals surface area contributed by atoms with Crippen LogP contribution in [0.5, 0.6) is 5.75 Å². The van der Waals surface area contributed by atoms with Gasteiger partial charge in [0, 0.05) is 17.5 Å². The SMILES string of the molecule is N#Cc1ccc(Cl)cc1OC(CCN)c1ncco1.O=C(O)C(=O)O. The third-order valence-electron chi connectivity index (χ3n) is 2.67. The highest BCUT2D eigenvalue weighted by Crippen LogP contribution is 2.28. The van der Waals surface area contributed by atoms with E-state index >= 15 is 0 Å². The van der Waals surface area contributed by atoms with E-state index in [1.54, 1.807) is 18.2 Å². The molecule has 0 amide bonds. The number of halogens is 1. The zero-order valence-corrected chi connectivity index (χ0v) is 13.5. The molecule has 9 nitrogen and oxygen atoms in total. The molecule has 1 aromatic carbocycles. The number of hydrogen-bond acceptors (Lipinski definition) is 7. The average molecular weight is 368 g/mol. The number of carbonyl (C=O) groups is 2. The van der Waals surface area contributed by atoms with Crippen molar-refractivity contribution in [2.75, 3.05) is 6.54 Å². The molecule has 0 spiro atoms. The summed E-state index contributed by atoms with van der Waals surface area (Å²) in [6, 6.07) is 6.88. The molecular weight excluding hydrogens is 354 g/mol. The van der Waals surface area contributed by atoms with Crippen molar-refractivity contribution in [3.05, 3.63) is 47.1 Å². The van der Waals surface area contributed by atoms with Crippen LogP contribution in [0.3, 0.4) is 0 Å². The van der Waals surface area contributed by atoms with E-state index in [-0.39, 0.29) is 0 Å². The Morgan fingerprint density at radius 1 is 1.40 bits per heavy atom. The fourth-order valence-corrected chi connectivity index (χ4v) is 1.78. The first kappa shape index (κ1) is 20.0. The van der Waals surface area contributed by atoms with Gasteiger partial charge in [-0.2, -0.15) is 5.26 Å². The van der Waals surface area contributed by atoms with E-state index in [1.165, 1.54) is 12.5 Å². The summed E-state index contributed by atoms with van der Waals surface area (Å²) >= 11 is 5.91. The molecular formula is C15H14ClN3O6. The smallest absolute Gasteiger partial charge is 0.414 e. The predicted octanol–water partition coefficient (Wildman–Crippen LogP) is 1.82. The Balaban J connectivity index is 0.000000450. The van der Waals surface area contributed by atoms with Crippen LogP contribution in [0.1, 0.15) is 24.0 Å². The first-order valence-electron chi connectivity index (χ1n) is 6.81. The second kappa shape index (κ2) is 9.92. The minimum Gasteiger partial charge on any atom is -0.479 e. The van der Waals surface area contributed by atoms with Gasteiger partial charge in [-0.1, -0.05) is 11.6 Å². The van der Waals surface area contributed by atoms with Crippen LogP contribution < -0.4 is 10.5 Å². The summed E-state index contributed by atoms with van der Waals surface area (Å²) in [5.41, 5.74) is 5.95. The Labute approximate surface area is 147 Å². The molecule has 2 aromatic rings. The van der Waals surface area contributed by atoms with Crippen LogP contribution in [0.2, 0.25) is 5.02 Å². The van der Waals surface area contributed by atoms with Crippen molar-refractivity contribution >= 4 is 23.5 Å². The van der Waals surface area contributed by atoms with Gasteiger partial charge in [0.05, 0.1) is 11.8 Å². The molecule has 0 fully saturated rings. The number of oxazole rings is 1. The second-order valence-corrected chi connectivity index (χ2v) is 4.85. The molecule has 1 heterocycles. The molecule has 1 unspecified atom stereocenters. The van der Waals surface area contributed by atoms with Gasteiger partial charge < -0.3 is 25.1 Å². The summed E-state index contributed by atoms with van der Waals surface area (Å²) < 4.78 is 11.0. The van der Waals surface area contributed by atoms with Crippen LogP contribution in [-0.2, 0) is 9.59 Å². The number of hydrogen-bond donors (Lipinski definition) is 3. The first-order chi connectivity index (χ1) is 11.9. The quantitative estimate of drug-likeness (QED) is 0.669. The normalized spacial score (nSPS) is 10.8. The van der Waals surface area contributed by atoms with Gasteiger partial charge in [0.15, 0.2) is 6.10 Å². The number of nitriles is 1. The predicted molar refractivity (Wildman–Crippen MR) is 85.0 cm³/mol. The Morgan fingerprint density at radius 3 is 2.56 bits per heavy atom. The largest absolute Gasteiger partial charge is 0.479 e. The standard InChI is InChI=1S/C13H12ClN3O2.C2H2O4/c14-10-2-1-9(8-16)12(7-10)19-11(3-4-15)13-17-5-6-18-13;3-1(4)2(5)6/h1-2,5-7,11H,3-4,15H2;(H,3,4)(H,5,6). The molecule has 2 rings (SSSR count). The van der Waals surface area contributed by atoms with Crippen molar-refractivity contribution in [1.29, 1.82) is 5.26 Å². The Kier molecular flexibility index (Phi) is 7.92. The van der Waals surface area contributed by atoms with Gasteiger partial charge in [0.25, 0.3) is 0 Å². The molecule has 0 aliphatic rings. The lowest BCUT2D eigenvalue weighted by molar-refractivity contribution is -0.159. The number of carboxylic acid groups (broad SMARTS) is 2. The lowest BCUT2D eigenvalue weighted by Crippen LogP contribution is -2.14. The van der Waals surface area contributed by atoms with E-state index in [9.17, 15) is 0 Å². The molecule has 4 N–H and O–H groups in total. The van der Waals surface area contributed by atoms with Gasteiger partial charge in [0.1, 0.15) is 18.1 Å². The Hall–Kier alpha value is -3.09. The van der Waals surface area contributed by atoms with Crippen molar-refractivity contribution in [2.24, 2.45) is 5.73 Å². The molecule has 1 atom stereocenters. The van der Waals surface area contributed by atoms with Crippen LogP contribution in [0.15, 0.2) is 35.1 Å². The van der Waals surface area contributed by atoms with Crippen molar-refractivity contribution in [3.8, 4) is 11.8 Å². The third-order valence-corrected chi connectivity index (χ3v) is 2.91. The number of carboxylic acids is 2. The Bertz CT molecular complexity index is 745. The number of rotatable bonds is 5. The van der Waals surface area contributed by atoms with Crippen LogP contribution >= 0.6 is 11.6 Å². The summed E-state index contributed by atoms with van der Waals surface area (Å²) in [5, 5.41) is 24.3. The fraction of sp³-hybridized carbons (Fsp3) is 0.200. The number of ether oxygens (including phenoxy) is 1. The minimum absolute atomic E-state index is 0.395. The van der Waals surface area contributed by atoms with Crippen LogP contribution in [0, 0.1) is 11.3 Å². The van der Waals surface area contributed by atoms with Crippen LogP contribution in [0.25, 0.3) is 0 Å². The number of nitrogens with two attached hydrogens (primary N) is 1. The molecule has 1 aromatic heterocycles. The lowest BCUT2D eigenvalue weighted by atomic mass is 10.2. The number of benzene rings is 1. The average Bonchev–Trinajstić information content (AvgIpc) is 3.09. The third kappa shape index (κ3) is 6.50. The summed E-state index contributed by atoms with van der Waals surface area (Å²) in [5.74, 6) is -2.83. The van der Waals surface area contributed by atoms with Gasteiger partial charge in [-0.3, -0.25) is 0 Å². The van der Waals surface area contributed by atoms with Crippen molar-refractivity contribution in [1.82, 2.24) is 4.98 Å². The maximum absolute atomic E-state index is 9.10. The second-order valence-electron chi connectivity index (χ2n) is 4.42. The van der Waals surface area contributed by atoms with E-state index < -0.39 is 18.0 Å². The first-order valence-corrected chi connectivity index (χ1v) is 7.18. The van der Waals surface area contributed by atoms with Gasteiger partial charge in [0.2, 0.25) is 5.89 Å². The maximum atomic E-state index is 9.10.